The van der Waals surface area contributed by atoms with Crippen molar-refractivity contribution in [2.75, 3.05) is 0 Å². The molecule has 0 unspecified atom stereocenters. The molecule has 5 nitrogen and oxygen atoms in total. The minimum atomic E-state index is -0.838. The van der Waals surface area contributed by atoms with Crippen molar-refractivity contribution in [1.29, 1.82) is 0 Å². The van der Waals surface area contributed by atoms with Crippen molar-refractivity contribution in [2.45, 2.75) is 32.1 Å². The van der Waals surface area contributed by atoms with Gasteiger partial charge in [0.2, 0.25) is 0 Å². The summed E-state index contributed by atoms with van der Waals surface area (Å²) in [6.45, 7) is 2.08. The lowest BCUT2D eigenvalue weighted by atomic mass is 10.1. The number of benzene rings is 1. The number of alkyl halides is 1. The second-order valence-electron chi connectivity index (χ2n) is 4.49. The molecule has 1 heterocycles. The van der Waals surface area contributed by atoms with Crippen molar-refractivity contribution in [3.8, 4) is 5.69 Å². The van der Waals surface area contributed by atoms with Crippen LogP contribution in [0.1, 0.15) is 30.6 Å². The second-order valence-corrected chi connectivity index (χ2v) is 4.76. The van der Waals surface area contributed by atoms with Crippen LogP contribution >= 0.6 is 11.6 Å². The van der Waals surface area contributed by atoms with Crippen LogP contribution < -0.4 is 0 Å². The summed E-state index contributed by atoms with van der Waals surface area (Å²) in [7, 11) is 0. The maximum Gasteiger partial charge on any atom is 0.307 e. The molecule has 6 heteroatoms. The number of carboxylic acid groups (broad SMARTS) is 1. The van der Waals surface area contributed by atoms with Gasteiger partial charge in [0.25, 0.3) is 0 Å². The molecule has 0 aliphatic heterocycles. The third-order valence-electron chi connectivity index (χ3n) is 2.94. The Bertz CT molecular complexity index is 593. The van der Waals surface area contributed by atoms with Crippen LogP contribution in [0.2, 0.25) is 0 Å². The molecule has 0 amide bonds. The van der Waals surface area contributed by atoms with Crippen LogP contribution in [-0.4, -0.2) is 25.8 Å². The molecule has 0 radical (unpaired) electrons. The predicted octanol–water partition coefficient (Wildman–Crippen LogP) is 2.59. The van der Waals surface area contributed by atoms with Crippen LogP contribution in [0.25, 0.3) is 5.69 Å². The zero-order valence-corrected chi connectivity index (χ0v) is 12.0. The highest BCUT2D eigenvalue weighted by Gasteiger charge is 2.12. The van der Waals surface area contributed by atoms with E-state index in [2.05, 4.69) is 17.1 Å². The highest BCUT2D eigenvalue weighted by atomic mass is 35.5. The van der Waals surface area contributed by atoms with E-state index in [9.17, 15) is 4.79 Å². The van der Waals surface area contributed by atoms with Gasteiger partial charge in [-0.2, -0.15) is 0 Å². The Labute approximate surface area is 122 Å². The highest BCUT2D eigenvalue weighted by Crippen LogP contribution is 2.17. The number of carbonyl (C=O) groups is 1. The van der Waals surface area contributed by atoms with Gasteiger partial charge in [0.05, 0.1) is 12.3 Å². The SMILES string of the molecule is CCCc1nnc(CCl)n1-c1ccc(CC(=O)O)cc1. The van der Waals surface area contributed by atoms with E-state index in [0.717, 1.165) is 29.9 Å². The number of halogens is 1. The number of carboxylic acids is 1. The summed E-state index contributed by atoms with van der Waals surface area (Å²) in [6, 6.07) is 7.35. The largest absolute Gasteiger partial charge is 0.481 e. The zero-order chi connectivity index (χ0) is 14.5. The van der Waals surface area contributed by atoms with Gasteiger partial charge in [-0.3, -0.25) is 9.36 Å². The fraction of sp³-hybridized carbons (Fsp3) is 0.357. The lowest BCUT2D eigenvalue weighted by Gasteiger charge is -2.09. The van der Waals surface area contributed by atoms with E-state index in [1.165, 1.54) is 0 Å². The summed E-state index contributed by atoms with van der Waals surface area (Å²) in [5, 5.41) is 17.0. The number of aromatic nitrogens is 3. The van der Waals surface area contributed by atoms with Crippen LogP contribution in [0.5, 0.6) is 0 Å². The fourth-order valence-corrected chi connectivity index (χ4v) is 2.23. The normalized spacial score (nSPS) is 10.7. The minimum Gasteiger partial charge on any atom is -0.481 e. The molecule has 1 aromatic heterocycles. The van der Waals surface area contributed by atoms with Crippen LogP contribution in [-0.2, 0) is 23.5 Å². The monoisotopic (exact) mass is 293 g/mol. The molecule has 1 aromatic carbocycles. The average molecular weight is 294 g/mol. The lowest BCUT2D eigenvalue weighted by molar-refractivity contribution is -0.136. The van der Waals surface area contributed by atoms with Crippen LogP contribution in [0, 0.1) is 0 Å². The smallest absolute Gasteiger partial charge is 0.307 e. The first-order valence-electron chi connectivity index (χ1n) is 6.46. The van der Waals surface area contributed by atoms with Gasteiger partial charge in [-0.1, -0.05) is 19.1 Å². The zero-order valence-electron chi connectivity index (χ0n) is 11.2. The first kappa shape index (κ1) is 14.5. The molecular weight excluding hydrogens is 278 g/mol. The number of aliphatic carboxylic acids is 1. The van der Waals surface area contributed by atoms with Crippen molar-refractivity contribution < 1.29 is 9.90 Å². The van der Waals surface area contributed by atoms with Gasteiger partial charge in [-0.25, -0.2) is 0 Å². The van der Waals surface area contributed by atoms with Gasteiger partial charge in [0, 0.05) is 12.1 Å². The van der Waals surface area contributed by atoms with Crippen molar-refractivity contribution in [1.82, 2.24) is 14.8 Å². The third-order valence-corrected chi connectivity index (χ3v) is 3.18. The summed E-state index contributed by atoms with van der Waals surface area (Å²) >= 11 is 5.89. The van der Waals surface area contributed by atoms with Crippen LogP contribution in [0.3, 0.4) is 0 Å². The summed E-state index contributed by atoms with van der Waals surface area (Å²) in [5.41, 5.74) is 1.67. The first-order chi connectivity index (χ1) is 9.65. The van der Waals surface area contributed by atoms with Crippen molar-refractivity contribution in [3.05, 3.63) is 41.5 Å². The van der Waals surface area contributed by atoms with E-state index in [1.807, 2.05) is 16.7 Å². The van der Waals surface area contributed by atoms with E-state index < -0.39 is 5.97 Å². The Kier molecular flexibility index (Phi) is 4.74. The van der Waals surface area contributed by atoms with Gasteiger partial charge < -0.3 is 5.11 Å². The summed E-state index contributed by atoms with van der Waals surface area (Å²) < 4.78 is 1.93. The first-order valence-corrected chi connectivity index (χ1v) is 6.99. The molecule has 0 bridgehead atoms. The van der Waals surface area contributed by atoms with Crippen LogP contribution in [0.4, 0.5) is 0 Å². The van der Waals surface area contributed by atoms with Crippen molar-refractivity contribution in [3.63, 3.8) is 0 Å². The van der Waals surface area contributed by atoms with E-state index in [1.54, 1.807) is 12.1 Å². The quantitative estimate of drug-likeness (QED) is 0.831. The van der Waals surface area contributed by atoms with E-state index in [4.69, 9.17) is 16.7 Å². The molecule has 2 aromatic rings. The van der Waals surface area contributed by atoms with Gasteiger partial charge in [0.1, 0.15) is 5.82 Å². The summed E-state index contributed by atoms with van der Waals surface area (Å²) in [4.78, 5) is 10.7. The third kappa shape index (κ3) is 3.17. The van der Waals surface area contributed by atoms with Crippen molar-refractivity contribution in [2.24, 2.45) is 0 Å². The summed E-state index contributed by atoms with van der Waals surface area (Å²) in [6.07, 6.45) is 1.81. The van der Waals surface area contributed by atoms with Gasteiger partial charge in [-0.15, -0.1) is 21.8 Å². The Hall–Kier alpha value is -1.88. The Morgan fingerprint density at radius 2 is 1.90 bits per heavy atom. The topological polar surface area (TPSA) is 68.0 Å². The predicted molar refractivity (Wildman–Crippen MR) is 76.3 cm³/mol. The molecule has 20 heavy (non-hydrogen) atoms. The standard InChI is InChI=1S/C14H16ClN3O2/c1-2-3-12-16-17-13(9-15)18(12)11-6-4-10(5-7-11)8-14(19)20/h4-7H,2-3,8-9H2,1H3,(H,19,20). The van der Waals surface area contributed by atoms with Gasteiger partial charge >= 0.3 is 5.97 Å². The molecule has 2 rings (SSSR count). The molecule has 0 saturated carbocycles. The highest BCUT2D eigenvalue weighted by molar-refractivity contribution is 6.16. The van der Waals surface area contributed by atoms with E-state index in [0.29, 0.717) is 5.82 Å². The molecule has 1 N–H and O–H groups in total. The van der Waals surface area contributed by atoms with Gasteiger partial charge in [0.15, 0.2) is 5.82 Å². The second kappa shape index (κ2) is 6.52. The Morgan fingerprint density at radius 3 is 2.45 bits per heavy atom. The molecule has 0 aliphatic rings. The van der Waals surface area contributed by atoms with E-state index in [-0.39, 0.29) is 12.3 Å². The molecule has 0 fully saturated rings. The molecular formula is C14H16ClN3O2. The maximum absolute atomic E-state index is 10.7. The number of rotatable bonds is 6. The molecule has 0 aliphatic carbocycles. The van der Waals surface area contributed by atoms with Gasteiger partial charge in [-0.05, 0) is 24.1 Å². The van der Waals surface area contributed by atoms with Crippen molar-refractivity contribution >= 4 is 17.6 Å². The minimum absolute atomic E-state index is 0.0205. The number of hydrogen-bond acceptors (Lipinski definition) is 3. The molecule has 106 valence electrons. The number of nitrogens with zero attached hydrogens (tertiary/aromatic N) is 3. The average Bonchev–Trinajstić information content (AvgIpc) is 2.82. The number of aryl methyl sites for hydroxylation is 1. The van der Waals surface area contributed by atoms with Crippen LogP contribution in [0.15, 0.2) is 24.3 Å². The molecule has 0 atom stereocenters. The fourth-order valence-electron chi connectivity index (χ4n) is 2.06. The lowest BCUT2D eigenvalue weighted by Crippen LogP contribution is -2.05. The van der Waals surface area contributed by atoms with E-state index >= 15 is 0 Å². The Balaban J connectivity index is 2.35. The maximum atomic E-state index is 10.7. The summed E-state index contributed by atoms with van der Waals surface area (Å²) in [5.74, 6) is 1.01. The number of hydrogen-bond donors (Lipinski definition) is 1. The Morgan fingerprint density at radius 1 is 1.25 bits per heavy atom. The molecule has 0 spiro atoms. The molecule has 0 saturated heterocycles.